The summed E-state index contributed by atoms with van der Waals surface area (Å²) in [5.74, 6) is 0.869. The van der Waals surface area contributed by atoms with Crippen molar-refractivity contribution in [1.29, 1.82) is 0 Å². The van der Waals surface area contributed by atoms with Crippen molar-refractivity contribution in [2.24, 2.45) is 7.05 Å². The number of fused-ring (bicyclic) bond motifs is 3. The van der Waals surface area contributed by atoms with E-state index in [4.69, 9.17) is 11.6 Å². The second-order valence-electron chi connectivity index (χ2n) is 7.15. The van der Waals surface area contributed by atoms with Gasteiger partial charge in [0, 0.05) is 47.1 Å². The van der Waals surface area contributed by atoms with E-state index in [1.807, 2.05) is 55.6 Å². The second-order valence-corrected chi connectivity index (χ2v) is 7.58. The third-order valence-electron chi connectivity index (χ3n) is 5.18. The average Bonchev–Trinajstić information content (AvgIpc) is 3.01. The summed E-state index contributed by atoms with van der Waals surface area (Å²) >= 11 is 6.15. The van der Waals surface area contributed by atoms with Crippen LogP contribution in [0.3, 0.4) is 0 Å². The number of aryl methyl sites for hydroxylation is 1. The predicted octanol–water partition coefficient (Wildman–Crippen LogP) is 4.15. The van der Waals surface area contributed by atoms with Gasteiger partial charge in [-0.15, -0.1) is 0 Å². The first-order chi connectivity index (χ1) is 14.6. The Morgan fingerprint density at radius 1 is 1.17 bits per heavy atom. The molecule has 2 aromatic carbocycles. The molecule has 0 saturated heterocycles. The molecule has 0 unspecified atom stereocenters. The fourth-order valence-corrected chi connectivity index (χ4v) is 3.86. The maximum atomic E-state index is 13.3. The van der Waals surface area contributed by atoms with Crippen LogP contribution in [-0.2, 0) is 13.5 Å². The average molecular weight is 419 g/mol. The summed E-state index contributed by atoms with van der Waals surface area (Å²) in [5, 5.41) is 25.0. The Labute approximate surface area is 178 Å². The van der Waals surface area contributed by atoms with Gasteiger partial charge in [0.2, 0.25) is 0 Å². The minimum Gasteiger partial charge on any atom is -0.740 e. The van der Waals surface area contributed by atoms with Crippen molar-refractivity contribution in [2.75, 3.05) is 17.2 Å². The van der Waals surface area contributed by atoms with Crippen LogP contribution in [0.25, 0.3) is 22.5 Å². The summed E-state index contributed by atoms with van der Waals surface area (Å²) in [7, 11) is 1.83. The zero-order chi connectivity index (χ0) is 20.7. The largest absolute Gasteiger partial charge is 0.740 e. The number of benzene rings is 2. The van der Waals surface area contributed by atoms with Crippen LogP contribution >= 0.6 is 11.6 Å². The Hall–Kier alpha value is -3.58. The van der Waals surface area contributed by atoms with E-state index in [0.29, 0.717) is 29.5 Å². The van der Waals surface area contributed by atoms with Gasteiger partial charge < -0.3 is 10.5 Å². The van der Waals surface area contributed by atoms with E-state index in [-0.39, 0.29) is 5.95 Å². The minimum absolute atomic E-state index is 0.194. The molecule has 0 aliphatic carbocycles. The normalized spacial score (nSPS) is 12.5. The number of hydrogen-bond donors (Lipinski definition) is 2. The summed E-state index contributed by atoms with van der Waals surface area (Å²) in [5.41, 5.74) is 4.94. The maximum absolute atomic E-state index is 13.3. The van der Waals surface area contributed by atoms with E-state index in [1.54, 1.807) is 16.9 Å². The fraction of sp³-hybridized carbons (Fsp3) is 0.136. The van der Waals surface area contributed by atoms with Crippen molar-refractivity contribution in [3.63, 3.8) is 0 Å². The molecule has 2 N–H and O–H groups in total. The molecule has 0 radical (unpaired) electrons. The fourth-order valence-electron chi connectivity index (χ4n) is 3.69. The van der Waals surface area contributed by atoms with Gasteiger partial charge in [-0.05, 0) is 24.6 Å². The molecule has 0 fully saturated rings. The number of nitrogens with zero attached hydrogens (tertiary/aromatic N) is 4. The van der Waals surface area contributed by atoms with E-state index >= 15 is 0 Å². The molecule has 0 spiro atoms. The Morgan fingerprint density at radius 3 is 2.83 bits per heavy atom. The first kappa shape index (κ1) is 18.4. The predicted molar refractivity (Wildman–Crippen MR) is 118 cm³/mol. The first-order valence-electron chi connectivity index (χ1n) is 9.62. The van der Waals surface area contributed by atoms with E-state index < -0.39 is 0 Å². The second kappa shape index (κ2) is 7.35. The Morgan fingerprint density at radius 2 is 2.00 bits per heavy atom. The summed E-state index contributed by atoms with van der Waals surface area (Å²) < 4.78 is 2.55. The van der Waals surface area contributed by atoms with Crippen LogP contribution in [0.4, 0.5) is 17.5 Å². The molecule has 3 heterocycles. The van der Waals surface area contributed by atoms with Crippen LogP contribution in [0.2, 0.25) is 5.02 Å². The van der Waals surface area contributed by atoms with Gasteiger partial charge in [-0.25, -0.2) is 14.7 Å². The van der Waals surface area contributed by atoms with Crippen LogP contribution in [0.5, 0.6) is 0 Å². The van der Waals surface area contributed by atoms with Gasteiger partial charge in [-0.2, -0.15) is 5.10 Å². The summed E-state index contributed by atoms with van der Waals surface area (Å²) in [6.07, 6.45) is 2.45. The molecule has 1 aliphatic rings. The topological polar surface area (TPSA) is 81.7 Å². The number of nitrogens with one attached hydrogen (secondary N) is 2. The highest BCUT2D eigenvalue weighted by molar-refractivity contribution is 6.31. The molecule has 8 heteroatoms. The lowest BCUT2D eigenvalue weighted by Gasteiger charge is -2.17. The van der Waals surface area contributed by atoms with E-state index in [2.05, 4.69) is 20.7 Å². The van der Waals surface area contributed by atoms with Gasteiger partial charge in [-0.3, -0.25) is 0 Å². The zero-order valence-corrected chi connectivity index (χ0v) is 17.0. The monoisotopic (exact) mass is 418 g/mol. The van der Waals surface area contributed by atoms with Crippen molar-refractivity contribution in [1.82, 2.24) is 14.8 Å². The zero-order valence-electron chi connectivity index (χ0n) is 16.3. The lowest BCUT2D eigenvalue weighted by molar-refractivity contribution is -0.581. The Bertz CT molecular complexity index is 1240. The minimum atomic E-state index is 0.194. The van der Waals surface area contributed by atoms with Crippen LogP contribution in [-0.4, -0.2) is 21.3 Å². The Kier molecular flexibility index (Phi) is 4.52. The standard InChI is InChI=1S/C22H19ClN6O/c1-28-20(12-18(27-28)14-5-3-2-4-6-14)26-22-25-13-15-9-10-24-19-11-16(23)7-8-17(19)21(15)29(22)30/h2-8,11-13,24H,9-10H2,1H3,(H,25,26). The van der Waals surface area contributed by atoms with E-state index in [1.165, 1.54) is 0 Å². The first-order valence-corrected chi connectivity index (χ1v) is 9.99. The van der Waals surface area contributed by atoms with Crippen LogP contribution in [0.15, 0.2) is 60.8 Å². The van der Waals surface area contributed by atoms with Gasteiger partial charge in [0.25, 0.3) is 0 Å². The molecular formula is C22H19ClN6O. The van der Waals surface area contributed by atoms with Crippen LogP contribution < -0.4 is 15.4 Å². The van der Waals surface area contributed by atoms with Gasteiger partial charge in [-0.1, -0.05) is 46.9 Å². The molecule has 7 nitrogen and oxygen atoms in total. The van der Waals surface area contributed by atoms with Gasteiger partial charge in [0.05, 0.1) is 5.69 Å². The highest BCUT2D eigenvalue weighted by Crippen LogP contribution is 2.33. The molecule has 0 bridgehead atoms. The molecule has 2 aromatic heterocycles. The summed E-state index contributed by atoms with van der Waals surface area (Å²) in [6.45, 7) is 0.705. The Balaban J connectivity index is 1.55. The van der Waals surface area contributed by atoms with Crippen LogP contribution in [0.1, 0.15) is 5.56 Å². The number of anilines is 3. The van der Waals surface area contributed by atoms with Gasteiger partial charge in [0.1, 0.15) is 11.9 Å². The van der Waals surface area contributed by atoms with Crippen molar-refractivity contribution in [2.45, 2.75) is 6.42 Å². The van der Waals surface area contributed by atoms with Crippen molar-refractivity contribution >= 4 is 29.1 Å². The molecule has 5 rings (SSSR count). The number of hydrogen-bond acceptors (Lipinski definition) is 5. The maximum Gasteiger partial charge on any atom is 0.398 e. The third-order valence-corrected chi connectivity index (χ3v) is 5.41. The van der Waals surface area contributed by atoms with Crippen LogP contribution in [0, 0.1) is 5.21 Å². The highest BCUT2D eigenvalue weighted by atomic mass is 35.5. The third kappa shape index (κ3) is 3.23. The quantitative estimate of drug-likeness (QED) is 0.386. The molecule has 150 valence electrons. The van der Waals surface area contributed by atoms with E-state index in [0.717, 1.165) is 32.8 Å². The highest BCUT2D eigenvalue weighted by Gasteiger charge is 2.23. The van der Waals surface area contributed by atoms with Gasteiger partial charge in [0.15, 0.2) is 5.82 Å². The molecule has 0 saturated carbocycles. The summed E-state index contributed by atoms with van der Waals surface area (Å²) in [6, 6.07) is 17.3. The molecule has 4 aromatic rings. The number of aromatic nitrogens is 4. The van der Waals surface area contributed by atoms with Gasteiger partial charge >= 0.3 is 5.95 Å². The lowest BCUT2D eigenvalue weighted by atomic mass is 10.1. The smallest absolute Gasteiger partial charge is 0.398 e. The molecule has 1 aliphatic heterocycles. The molecule has 0 amide bonds. The van der Waals surface area contributed by atoms with Crippen molar-refractivity contribution < 1.29 is 4.73 Å². The molecule has 0 atom stereocenters. The van der Waals surface area contributed by atoms with Crippen molar-refractivity contribution in [3.8, 4) is 22.5 Å². The molecular weight excluding hydrogens is 400 g/mol. The number of rotatable bonds is 3. The van der Waals surface area contributed by atoms with E-state index in [9.17, 15) is 5.21 Å². The number of halogens is 1. The molecule has 30 heavy (non-hydrogen) atoms. The SMILES string of the molecule is Cn1nc(-c2ccccc2)cc1Nc1ncc2c([n+]1[O-])-c1ccc(Cl)cc1NCC2. The summed E-state index contributed by atoms with van der Waals surface area (Å²) in [4.78, 5) is 4.39. The van der Waals surface area contributed by atoms with Crippen molar-refractivity contribution in [3.05, 3.63) is 76.6 Å². The lowest BCUT2D eigenvalue weighted by Crippen LogP contribution is -2.35.